The molecule has 2 aromatic carbocycles. The van der Waals surface area contributed by atoms with Crippen molar-refractivity contribution in [2.45, 2.75) is 18.5 Å². The molecule has 1 fully saturated rings. The van der Waals surface area contributed by atoms with Gasteiger partial charge in [0.25, 0.3) is 0 Å². The van der Waals surface area contributed by atoms with Gasteiger partial charge in [0.1, 0.15) is 17.5 Å². The van der Waals surface area contributed by atoms with Gasteiger partial charge >= 0.3 is 5.97 Å². The third kappa shape index (κ3) is 3.91. The Kier molecular flexibility index (Phi) is 6.39. The zero-order valence-electron chi connectivity index (χ0n) is 16.7. The number of likely N-dealkylation sites (tertiary alicyclic amines) is 1. The summed E-state index contributed by atoms with van der Waals surface area (Å²) in [7, 11) is 4.47. The Morgan fingerprint density at radius 2 is 1.45 bits per heavy atom. The molecule has 7 heteroatoms. The van der Waals surface area contributed by atoms with Crippen molar-refractivity contribution in [3.63, 3.8) is 0 Å². The zero-order chi connectivity index (χ0) is 21.0. The van der Waals surface area contributed by atoms with Crippen LogP contribution in [0, 0.1) is 5.92 Å². The number of hydrogen-bond acceptors (Lipinski definition) is 6. The van der Waals surface area contributed by atoms with Gasteiger partial charge in [-0.1, -0.05) is 24.3 Å². The number of amides is 1. The summed E-state index contributed by atoms with van der Waals surface area (Å²) >= 11 is 0. The summed E-state index contributed by atoms with van der Waals surface area (Å²) in [4.78, 5) is 27.0. The number of benzene rings is 2. The molecular weight excluding hydrogens is 374 g/mol. The van der Waals surface area contributed by atoms with E-state index in [2.05, 4.69) is 0 Å². The Morgan fingerprint density at radius 3 is 1.83 bits per heavy atom. The molecule has 1 heterocycles. The van der Waals surface area contributed by atoms with E-state index in [9.17, 15) is 14.7 Å². The fraction of sp³-hybridized carbons (Fsp3) is 0.364. The van der Waals surface area contributed by atoms with E-state index in [0.717, 1.165) is 11.1 Å². The van der Waals surface area contributed by atoms with E-state index in [-0.39, 0.29) is 18.9 Å². The number of carbonyl (C=O) groups is 2. The fourth-order valence-corrected chi connectivity index (χ4v) is 3.77. The number of rotatable bonds is 8. The van der Waals surface area contributed by atoms with Gasteiger partial charge in [0.05, 0.1) is 33.3 Å². The second-order valence-corrected chi connectivity index (χ2v) is 6.78. The summed E-state index contributed by atoms with van der Waals surface area (Å²) in [5, 5.41) is 9.32. The third-order valence-corrected chi connectivity index (χ3v) is 5.28. The van der Waals surface area contributed by atoms with Gasteiger partial charge < -0.3 is 24.2 Å². The molecule has 0 saturated carbocycles. The number of aliphatic hydroxyl groups excluding tert-OH is 1. The number of esters is 1. The number of aliphatic hydroxyl groups is 1. The second-order valence-electron chi connectivity index (χ2n) is 6.78. The molecule has 154 valence electrons. The van der Waals surface area contributed by atoms with Crippen LogP contribution >= 0.6 is 0 Å². The van der Waals surface area contributed by atoms with Crippen molar-refractivity contribution in [3.8, 4) is 11.5 Å². The van der Waals surface area contributed by atoms with E-state index in [4.69, 9.17) is 14.2 Å². The number of hydrogen-bond donors (Lipinski definition) is 1. The normalized spacial score (nSPS) is 18.4. The molecule has 0 aliphatic carbocycles. The van der Waals surface area contributed by atoms with E-state index < -0.39 is 24.0 Å². The standard InChI is InChI=1S/C22H25NO6/c1-27-16-8-4-14(5-9-16)19(15-6-10-17(28-2)11-7-15)23-20(22(26)29-3)18(12-13-24)21(23)25/h4-11,18-20,24H,12-13H2,1-3H3/t18-,20-/m0/s1. The number of methoxy groups -OCH3 is 3. The monoisotopic (exact) mass is 399 g/mol. The van der Waals surface area contributed by atoms with E-state index >= 15 is 0 Å². The maximum atomic E-state index is 13.0. The molecule has 1 N–H and O–H groups in total. The summed E-state index contributed by atoms with van der Waals surface area (Å²) in [6.07, 6.45) is 0.215. The van der Waals surface area contributed by atoms with Crippen molar-refractivity contribution >= 4 is 11.9 Å². The summed E-state index contributed by atoms with van der Waals surface area (Å²) in [6, 6.07) is 13.5. The quantitative estimate of drug-likeness (QED) is 0.541. The van der Waals surface area contributed by atoms with Crippen molar-refractivity contribution in [1.29, 1.82) is 0 Å². The van der Waals surface area contributed by atoms with Gasteiger partial charge in [-0.3, -0.25) is 4.79 Å². The van der Waals surface area contributed by atoms with Gasteiger partial charge in [-0.2, -0.15) is 0 Å². The highest BCUT2D eigenvalue weighted by Gasteiger charge is 2.54. The minimum Gasteiger partial charge on any atom is -0.497 e. The van der Waals surface area contributed by atoms with Gasteiger partial charge in [0.15, 0.2) is 0 Å². The Morgan fingerprint density at radius 1 is 0.966 bits per heavy atom. The van der Waals surface area contributed by atoms with Crippen LogP contribution < -0.4 is 9.47 Å². The molecule has 3 rings (SSSR count). The molecule has 0 unspecified atom stereocenters. The van der Waals surface area contributed by atoms with Crippen molar-refractivity contribution in [1.82, 2.24) is 4.90 Å². The van der Waals surface area contributed by atoms with Crippen molar-refractivity contribution in [3.05, 3.63) is 59.7 Å². The van der Waals surface area contributed by atoms with Crippen LogP contribution in [0.4, 0.5) is 0 Å². The SMILES string of the molecule is COC(=O)[C@@H]1[C@H](CCO)C(=O)N1C(c1ccc(OC)cc1)c1ccc(OC)cc1. The molecule has 1 saturated heterocycles. The lowest BCUT2D eigenvalue weighted by atomic mass is 9.80. The Bertz CT molecular complexity index is 801. The fourth-order valence-electron chi connectivity index (χ4n) is 3.77. The van der Waals surface area contributed by atoms with Gasteiger partial charge in [-0.25, -0.2) is 4.79 Å². The first-order valence-electron chi connectivity index (χ1n) is 9.34. The van der Waals surface area contributed by atoms with Crippen LogP contribution in [0.15, 0.2) is 48.5 Å². The molecule has 1 aliphatic heterocycles. The molecule has 1 aliphatic rings. The van der Waals surface area contributed by atoms with Crippen molar-refractivity contribution in [2.75, 3.05) is 27.9 Å². The summed E-state index contributed by atoms with van der Waals surface area (Å²) in [5.41, 5.74) is 1.67. The van der Waals surface area contributed by atoms with Gasteiger partial charge in [-0.05, 0) is 41.8 Å². The predicted octanol–water partition coefficient (Wildman–Crippen LogP) is 2.18. The van der Waals surface area contributed by atoms with Crippen LogP contribution in [-0.4, -0.2) is 55.9 Å². The lowest BCUT2D eigenvalue weighted by Gasteiger charge is -2.49. The molecular formula is C22H25NO6. The molecule has 7 nitrogen and oxygen atoms in total. The largest absolute Gasteiger partial charge is 0.497 e. The van der Waals surface area contributed by atoms with Crippen molar-refractivity contribution < 1.29 is 28.9 Å². The molecule has 0 bridgehead atoms. The molecule has 2 atom stereocenters. The third-order valence-electron chi connectivity index (χ3n) is 5.28. The topological polar surface area (TPSA) is 85.3 Å². The average Bonchev–Trinajstić information content (AvgIpc) is 2.78. The molecule has 0 aromatic heterocycles. The Balaban J connectivity index is 2.05. The van der Waals surface area contributed by atoms with E-state index in [0.29, 0.717) is 11.5 Å². The summed E-state index contributed by atoms with van der Waals surface area (Å²) in [6.45, 7) is -0.173. The van der Waals surface area contributed by atoms with Gasteiger partial charge in [0.2, 0.25) is 5.91 Å². The van der Waals surface area contributed by atoms with E-state index in [1.165, 1.54) is 12.0 Å². The average molecular weight is 399 g/mol. The van der Waals surface area contributed by atoms with Crippen LogP contribution in [0.5, 0.6) is 11.5 Å². The molecule has 2 aromatic rings. The summed E-state index contributed by atoms with van der Waals surface area (Å²) in [5.74, 6) is 0.118. The minimum atomic E-state index is -0.756. The van der Waals surface area contributed by atoms with Crippen LogP contribution in [-0.2, 0) is 14.3 Å². The Labute approximate surface area is 169 Å². The van der Waals surface area contributed by atoms with E-state index in [1.807, 2.05) is 48.5 Å². The highest BCUT2D eigenvalue weighted by atomic mass is 16.5. The highest BCUT2D eigenvalue weighted by Crippen LogP contribution is 2.42. The van der Waals surface area contributed by atoms with Crippen LogP contribution in [0.2, 0.25) is 0 Å². The first-order valence-corrected chi connectivity index (χ1v) is 9.34. The number of carbonyl (C=O) groups excluding carboxylic acids is 2. The maximum Gasteiger partial charge on any atom is 0.329 e. The van der Waals surface area contributed by atoms with Crippen LogP contribution in [0.25, 0.3) is 0 Å². The van der Waals surface area contributed by atoms with Gasteiger partial charge in [0, 0.05) is 6.61 Å². The number of β-lactam (4-membered cyclic amide) rings is 1. The lowest BCUT2D eigenvalue weighted by molar-refractivity contribution is -0.176. The van der Waals surface area contributed by atoms with Gasteiger partial charge in [-0.15, -0.1) is 0 Å². The molecule has 1 amide bonds. The Hall–Kier alpha value is -3.06. The highest BCUT2D eigenvalue weighted by molar-refractivity contribution is 5.97. The first-order chi connectivity index (χ1) is 14.0. The zero-order valence-corrected chi connectivity index (χ0v) is 16.7. The van der Waals surface area contributed by atoms with E-state index in [1.54, 1.807) is 14.2 Å². The molecule has 29 heavy (non-hydrogen) atoms. The first kappa shape index (κ1) is 20.7. The van der Waals surface area contributed by atoms with Crippen LogP contribution in [0.1, 0.15) is 23.6 Å². The predicted molar refractivity (Wildman–Crippen MR) is 106 cm³/mol. The molecule has 0 radical (unpaired) electrons. The maximum absolute atomic E-state index is 13.0. The van der Waals surface area contributed by atoms with Crippen molar-refractivity contribution in [2.24, 2.45) is 5.92 Å². The lowest BCUT2D eigenvalue weighted by Crippen LogP contribution is -2.65. The summed E-state index contributed by atoms with van der Waals surface area (Å²) < 4.78 is 15.4. The molecule has 0 spiro atoms. The van der Waals surface area contributed by atoms with Crippen LogP contribution in [0.3, 0.4) is 0 Å². The smallest absolute Gasteiger partial charge is 0.329 e. The second kappa shape index (κ2) is 8.96. The minimum absolute atomic E-state index is 0.173. The number of ether oxygens (including phenoxy) is 3. The number of nitrogens with zero attached hydrogens (tertiary/aromatic N) is 1.